The van der Waals surface area contributed by atoms with Crippen molar-refractivity contribution < 1.29 is 14.0 Å². The first kappa shape index (κ1) is 19.8. The van der Waals surface area contributed by atoms with Crippen molar-refractivity contribution in [2.24, 2.45) is 0 Å². The third-order valence-corrected chi connectivity index (χ3v) is 4.80. The minimum absolute atomic E-state index is 0.0651. The van der Waals surface area contributed by atoms with Gasteiger partial charge in [-0.05, 0) is 30.2 Å². The van der Waals surface area contributed by atoms with Gasteiger partial charge in [-0.1, -0.05) is 35.9 Å². The predicted molar refractivity (Wildman–Crippen MR) is 106 cm³/mol. The first-order chi connectivity index (χ1) is 13.4. The molecule has 1 aliphatic heterocycles. The van der Waals surface area contributed by atoms with Crippen LogP contribution in [0.4, 0.5) is 14.9 Å². The van der Waals surface area contributed by atoms with Gasteiger partial charge < -0.3 is 15.5 Å². The number of nitrogens with zero attached hydrogens (tertiary/aromatic N) is 2. The number of benzene rings is 2. The third-order valence-electron chi connectivity index (χ3n) is 4.80. The predicted octanol–water partition coefficient (Wildman–Crippen LogP) is 2.73. The van der Waals surface area contributed by atoms with Gasteiger partial charge in [-0.3, -0.25) is 9.69 Å². The van der Waals surface area contributed by atoms with Crippen LogP contribution in [-0.2, 0) is 17.9 Å². The zero-order chi connectivity index (χ0) is 20.1. The van der Waals surface area contributed by atoms with Gasteiger partial charge in [0.05, 0.1) is 12.2 Å². The number of nitrogens with one attached hydrogen (secondary N) is 2. The van der Waals surface area contributed by atoms with Crippen LogP contribution in [0.1, 0.15) is 16.7 Å². The van der Waals surface area contributed by atoms with Crippen LogP contribution < -0.4 is 10.6 Å². The molecule has 3 rings (SSSR count). The minimum Gasteiger partial charge on any atom is -0.343 e. The van der Waals surface area contributed by atoms with E-state index in [-0.39, 0.29) is 11.6 Å². The quantitative estimate of drug-likeness (QED) is 0.833. The van der Waals surface area contributed by atoms with E-state index < -0.39 is 11.8 Å². The first-order valence-corrected chi connectivity index (χ1v) is 9.26. The van der Waals surface area contributed by atoms with Crippen LogP contribution in [0.3, 0.4) is 0 Å². The van der Waals surface area contributed by atoms with E-state index in [0.29, 0.717) is 26.2 Å². The largest absolute Gasteiger partial charge is 0.343 e. The maximum Gasteiger partial charge on any atom is 0.319 e. The molecule has 0 saturated carbocycles. The summed E-state index contributed by atoms with van der Waals surface area (Å²) in [6, 6.07) is 12.1. The van der Waals surface area contributed by atoms with Gasteiger partial charge in [0.2, 0.25) is 5.91 Å². The van der Waals surface area contributed by atoms with E-state index in [1.165, 1.54) is 6.07 Å². The van der Waals surface area contributed by atoms with E-state index in [4.69, 9.17) is 0 Å². The molecule has 148 valence electrons. The van der Waals surface area contributed by atoms with Crippen LogP contribution in [0.25, 0.3) is 0 Å². The number of hydrogen-bond acceptors (Lipinski definition) is 3. The molecule has 2 aromatic rings. The molecule has 0 aromatic heterocycles. The first-order valence-electron chi connectivity index (χ1n) is 9.26. The van der Waals surface area contributed by atoms with Crippen molar-refractivity contribution in [1.82, 2.24) is 15.1 Å². The van der Waals surface area contributed by atoms with Gasteiger partial charge in [0, 0.05) is 33.2 Å². The SMILES string of the molecule is Cc1ccc(CNC(=O)Nc2ccc(CN3CCN(C)C(=O)C3)cc2F)cc1. The Morgan fingerprint density at radius 1 is 1.11 bits per heavy atom. The van der Waals surface area contributed by atoms with Crippen LogP contribution in [0, 0.1) is 12.7 Å². The normalized spacial score (nSPS) is 14.8. The molecule has 3 amide bonds. The second-order valence-corrected chi connectivity index (χ2v) is 7.13. The standard InChI is InChI=1S/C21H25FN4O2/c1-15-3-5-16(6-4-15)12-23-21(28)24-19-8-7-17(11-18(19)22)13-26-10-9-25(2)20(27)14-26/h3-8,11H,9-10,12-14H2,1-2H3,(H2,23,24,28). The van der Waals surface area contributed by atoms with Gasteiger partial charge in [-0.15, -0.1) is 0 Å². The summed E-state index contributed by atoms with van der Waals surface area (Å²) in [6.07, 6.45) is 0. The highest BCUT2D eigenvalue weighted by Crippen LogP contribution is 2.18. The summed E-state index contributed by atoms with van der Waals surface area (Å²) in [4.78, 5) is 27.5. The molecule has 1 heterocycles. The Kier molecular flexibility index (Phi) is 6.26. The Morgan fingerprint density at radius 2 is 1.82 bits per heavy atom. The van der Waals surface area contributed by atoms with Crippen molar-refractivity contribution >= 4 is 17.6 Å². The fraction of sp³-hybridized carbons (Fsp3) is 0.333. The van der Waals surface area contributed by atoms with Gasteiger partial charge in [0.25, 0.3) is 0 Å². The molecule has 0 unspecified atom stereocenters. The molecule has 6 nitrogen and oxygen atoms in total. The van der Waals surface area contributed by atoms with Gasteiger partial charge in [-0.25, -0.2) is 9.18 Å². The highest BCUT2D eigenvalue weighted by molar-refractivity contribution is 5.89. The maximum absolute atomic E-state index is 14.4. The molecule has 1 fully saturated rings. The van der Waals surface area contributed by atoms with Crippen molar-refractivity contribution in [3.8, 4) is 0 Å². The van der Waals surface area contributed by atoms with Crippen LogP contribution in [0.15, 0.2) is 42.5 Å². The fourth-order valence-electron chi connectivity index (χ4n) is 3.01. The Balaban J connectivity index is 1.52. The molecule has 0 aliphatic carbocycles. The van der Waals surface area contributed by atoms with Crippen molar-refractivity contribution in [2.45, 2.75) is 20.0 Å². The lowest BCUT2D eigenvalue weighted by molar-refractivity contribution is -0.134. The molecule has 0 radical (unpaired) electrons. The second kappa shape index (κ2) is 8.84. The Morgan fingerprint density at radius 3 is 2.50 bits per heavy atom. The Labute approximate surface area is 164 Å². The summed E-state index contributed by atoms with van der Waals surface area (Å²) in [7, 11) is 1.78. The molecule has 1 saturated heterocycles. The topological polar surface area (TPSA) is 64.7 Å². The summed E-state index contributed by atoms with van der Waals surface area (Å²) in [5, 5.41) is 5.25. The van der Waals surface area contributed by atoms with Crippen LogP contribution in [-0.4, -0.2) is 48.4 Å². The van der Waals surface area contributed by atoms with Gasteiger partial charge in [0.1, 0.15) is 5.82 Å². The molecule has 0 spiro atoms. The van der Waals surface area contributed by atoms with Crippen molar-refractivity contribution in [3.05, 3.63) is 65.0 Å². The Hall–Kier alpha value is -2.93. The van der Waals surface area contributed by atoms with E-state index in [1.807, 2.05) is 36.1 Å². The number of urea groups is 1. The summed E-state index contributed by atoms with van der Waals surface area (Å²) in [5.74, 6) is -0.432. The van der Waals surface area contributed by atoms with Crippen molar-refractivity contribution in [1.29, 1.82) is 0 Å². The zero-order valence-corrected chi connectivity index (χ0v) is 16.2. The molecular formula is C21H25FN4O2. The monoisotopic (exact) mass is 384 g/mol. The number of likely N-dealkylation sites (N-methyl/N-ethyl adjacent to an activating group) is 1. The van der Waals surface area contributed by atoms with Crippen LogP contribution in [0.2, 0.25) is 0 Å². The van der Waals surface area contributed by atoms with E-state index in [2.05, 4.69) is 10.6 Å². The van der Waals surface area contributed by atoms with Crippen LogP contribution in [0.5, 0.6) is 0 Å². The summed E-state index contributed by atoms with van der Waals surface area (Å²) in [5.41, 5.74) is 3.01. The number of amides is 3. The number of carbonyl (C=O) groups excluding carboxylic acids is 2. The van der Waals surface area contributed by atoms with E-state index in [1.54, 1.807) is 24.1 Å². The maximum atomic E-state index is 14.4. The Bertz CT molecular complexity index is 854. The molecule has 1 aliphatic rings. The number of piperazine rings is 1. The fourth-order valence-corrected chi connectivity index (χ4v) is 3.01. The molecule has 28 heavy (non-hydrogen) atoms. The summed E-state index contributed by atoms with van der Waals surface area (Å²) in [6.45, 7) is 4.62. The lowest BCUT2D eigenvalue weighted by Crippen LogP contribution is -2.47. The van der Waals surface area contributed by atoms with E-state index >= 15 is 0 Å². The van der Waals surface area contributed by atoms with Crippen molar-refractivity contribution in [3.63, 3.8) is 0 Å². The van der Waals surface area contributed by atoms with Gasteiger partial charge in [0.15, 0.2) is 0 Å². The minimum atomic E-state index is -0.497. The highest BCUT2D eigenvalue weighted by Gasteiger charge is 2.21. The number of halogens is 1. The average Bonchev–Trinajstić information content (AvgIpc) is 2.66. The average molecular weight is 384 g/mol. The summed E-state index contributed by atoms with van der Waals surface area (Å²) >= 11 is 0. The van der Waals surface area contributed by atoms with Crippen molar-refractivity contribution in [2.75, 3.05) is 32.0 Å². The number of anilines is 1. The lowest BCUT2D eigenvalue weighted by atomic mass is 10.1. The van der Waals surface area contributed by atoms with Crippen LogP contribution >= 0.6 is 0 Å². The van der Waals surface area contributed by atoms with Gasteiger partial charge >= 0.3 is 6.03 Å². The third kappa shape index (κ3) is 5.29. The molecule has 7 heteroatoms. The number of rotatable bonds is 5. The van der Waals surface area contributed by atoms with E-state index in [9.17, 15) is 14.0 Å². The molecule has 2 N–H and O–H groups in total. The van der Waals surface area contributed by atoms with Gasteiger partial charge in [-0.2, -0.15) is 0 Å². The second-order valence-electron chi connectivity index (χ2n) is 7.13. The van der Waals surface area contributed by atoms with E-state index in [0.717, 1.165) is 23.2 Å². The number of aryl methyl sites for hydroxylation is 1. The highest BCUT2D eigenvalue weighted by atomic mass is 19.1. The molecule has 2 aromatic carbocycles. The summed E-state index contributed by atoms with van der Waals surface area (Å²) < 4.78 is 14.4. The molecule has 0 bridgehead atoms. The number of hydrogen-bond donors (Lipinski definition) is 2. The molecule has 0 atom stereocenters. The smallest absolute Gasteiger partial charge is 0.319 e. The zero-order valence-electron chi connectivity index (χ0n) is 16.2. The molecular weight excluding hydrogens is 359 g/mol. The lowest BCUT2D eigenvalue weighted by Gasteiger charge is -2.31. The number of carbonyl (C=O) groups is 2.